The molecule has 2 N–H and O–H groups in total. The number of carbonyl (C=O) groups excluding carboxylic acids is 2. The molecule has 7 nitrogen and oxygen atoms in total. The Hall–Kier alpha value is -2.45. The van der Waals surface area contributed by atoms with E-state index in [1.54, 1.807) is 34.4 Å². The smallest absolute Gasteiger partial charge is 0.233 e. The molecule has 0 aliphatic rings. The Balaban J connectivity index is 1.55. The monoisotopic (exact) mass is 377 g/mol. The normalized spacial score (nSPS) is 12.1. The van der Waals surface area contributed by atoms with Gasteiger partial charge in [-0.1, -0.05) is 29.0 Å². The summed E-state index contributed by atoms with van der Waals surface area (Å²) < 4.78 is 1.65. The SMILES string of the molecule is Cc1ccc(NC(=O)CC(=O)N[C@H](C)c2cn3ncsc3n2)cc1Cl. The van der Waals surface area contributed by atoms with E-state index in [1.165, 1.54) is 11.3 Å². The van der Waals surface area contributed by atoms with Gasteiger partial charge in [-0.25, -0.2) is 9.50 Å². The summed E-state index contributed by atoms with van der Waals surface area (Å²) in [5.41, 5.74) is 3.86. The van der Waals surface area contributed by atoms with Gasteiger partial charge in [-0.3, -0.25) is 9.59 Å². The van der Waals surface area contributed by atoms with Crippen LogP contribution in [-0.2, 0) is 9.59 Å². The van der Waals surface area contributed by atoms with Crippen LogP contribution >= 0.6 is 22.9 Å². The van der Waals surface area contributed by atoms with Gasteiger partial charge in [0, 0.05) is 10.7 Å². The average Bonchev–Trinajstić information content (AvgIpc) is 3.12. The number of hydrogen-bond acceptors (Lipinski definition) is 5. The van der Waals surface area contributed by atoms with Crippen LogP contribution in [0.3, 0.4) is 0 Å². The summed E-state index contributed by atoms with van der Waals surface area (Å²) in [6.07, 6.45) is 1.47. The maximum Gasteiger partial charge on any atom is 0.233 e. The molecule has 0 aliphatic heterocycles. The lowest BCUT2D eigenvalue weighted by Crippen LogP contribution is -2.30. The molecule has 9 heteroatoms. The van der Waals surface area contributed by atoms with Gasteiger partial charge in [0.25, 0.3) is 0 Å². The van der Waals surface area contributed by atoms with E-state index in [4.69, 9.17) is 11.6 Å². The molecule has 0 saturated heterocycles. The summed E-state index contributed by atoms with van der Waals surface area (Å²) in [5, 5.41) is 10.1. The zero-order valence-corrected chi connectivity index (χ0v) is 15.2. The first kappa shape index (κ1) is 17.4. The quantitative estimate of drug-likeness (QED) is 0.669. The van der Waals surface area contributed by atoms with Crippen molar-refractivity contribution in [3.8, 4) is 0 Å². The van der Waals surface area contributed by atoms with Crippen molar-refractivity contribution in [3.05, 3.63) is 46.2 Å². The van der Waals surface area contributed by atoms with Crippen LogP contribution in [0.15, 0.2) is 29.9 Å². The first-order valence-electron chi connectivity index (χ1n) is 7.56. The van der Waals surface area contributed by atoms with E-state index in [1.807, 2.05) is 13.8 Å². The third-order valence-electron chi connectivity index (χ3n) is 3.60. The van der Waals surface area contributed by atoms with Gasteiger partial charge in [-0.2, -0.15) is 5.10 Å². The highest BCUT2D eigenvalue weighted by Gasteiger charge is 2.16. The van der Waals surface area contributed by atoms with Gasteiger partial charge < -0.3 is 10.6 Å². The van der Waals surface area contributed by atoms with E-state index in [-0.39, 0.29) is 18.4 Å². The van der Waals surface area contributed by atoms with Crippen LogP contribution in [0.4, 0.5) is 5.69 Å². The highest BCUT2D eigenvalue weighted by molar-refractivity contribution is 7.14. The number of carbonyl (C=O) groups is 2. The first-order chi connectivity index (χ1) is 11.9. The number of aryl methyl sites for hydroxylation is 1. The van der Waals surface area contributed by atoms with E-state index >= 15 is 0 Å². The zero-order valence-electron chi connectivity index (χ0n) is 13.6. The Morgan fingerprint density at radius 1 is 1.36 bits per heavy atom. The molecular weight excluding hydrogens is 362 g/mol. The fraction of sp³-hybridized carbons (Fsp3) is 0.250. The fourth-order valence-corrected chi connectivity index (χ4v) is 3.04. The van der Waals surface area contributed by atoms with Crippen molar-refractivity contribution in [1.29, 1.82) is 0 Å². The molecule has 2 aromatic heterocycles. The van der Waals surface area contributed by atoms with Gasteiger partial charge in [0.15, 0.2) is 0 Å². The van der Waals surface area contributed by atoms with Gasteiger partial charge in [0.2, 0.25) is 16.8 Å². The molecule has 1 aromatic carbocycles. The van der Waals surface area contributed by atoms with Crippen molar-refractivity contribution in [2.24, 2.45) is 0 Å². The number of aromatic nitrogens is 3. The molecule has 25 heavy (non-hydrogen) atoms. The van der Waals surface area contributed by atoms with Crippen molar-refractivity contribution in [1.82, 2.24) is 19.9 Å². The third kappa shape index (κ3) is 4.15. The Labute approximate surface area is 153 Å². The molecule has 3 rings (SSSR count). The number of benzene rings is 1. The summed E-state index contributed by atoms with van der Waals surface area (Å²) in [5.74, 6) is -0.787. The summed E-state index contributed by atoms with van der Waals surface area (Å²) in [6.45, 7) is 3.68. The predicted octanol–water partition coefficient (Wildman–Crippen LogP) is 2.96. The maximum absolute atomic E-state index is 12.1. The largest absolute Gasteiger partial charge is 0.347 e. The zero-order chi connectivity index (χ0) is 18.0. The van der Waals surface area contributed by atoms with Crippen molar-refractivity contribution in [2.45, 2.75) is 26.3 Å². The van der Waals surface area contributed by atoms with E-state index in [0.29, 0.717) is 16.4 Å². The van der Waals surface area contributed by atoms with E-state index < -0.39 is 5.91 Å². The number of rotatable bonds is 5. The molecule has 0 fully saturated rings. The highest BCUT2D eigenvalue weighted by atomic mass is 35.5. The molecule has 0 unspecified atom stereocenters. The molecular formula is C16H16ClN5O2S. The van der Waals surface area contributed by atoms with Gasteiger partial charge in [0.1, 0.15) is 11.9 Å². The van der Waals surface area contributed by atoms with Crippen LogP contribution in [0.25, 0.3) is 4.96 Å². The van der Waals surface area contributed by atoms with Crippen molar-refractivity contribution < 1.29 is 9.59 Å². The molecule has 2 heterocycles. The topological polar surface area (TPSA) is 88.4 Å². The average molecular weight is 378 g/mol. The number of nitrogens with one attached hydrogen (secondary N) is 2. The van der Waals surface area contributed by atoms with Crippen LogP contribution in [0.5, 0.6) is 0 Å². The summed E-state index contributed by atoms with van der Waals surface area (Å²) in [6, 6.07) is 4.88. The van der Waals surface area contributed by atoms with E-state index in [2.05, 4.69) is 20.7 Å². The molecule has 130 valence electrons. The molecule has 2 amide bonds. The second-order valence-electron chi connectivity index (χ2n) is 5.61. The molecule has 1 atom stereocenters. The second kappa shape index (κ2) is 7.20. The van der Waals surface area contributed by atoms with Crippen molar-refractivity contribution in [3.63, 3.8) is 0 Å². The van der Waals surface area contributed by atoms with Crippen LogP contribution < -0.4 is 10.6 Å². The number of fused-ring (bicyclic) bond motifs is 1. The van der Waals surface area contributed by atoms with Crippen molar-refractivity contribution in [2.75, 3.05) is 5.32 Å². The summed E-state index contributed by atoms with van der Waals surface area (Å²) in [7, 11) is 0. The Kier molecular flexibility index (Phi) is 5.00. The molecule has 0 saturated carbocycles. The Bertz CT molecular complexity index is 907. The first-order valence-corrected chi connectivity index (χ1v) is 8.82. The number of imidazole rings is 1. The van der Waals surface area contributed by atoms with E-state index in [0.717, 1.165) is 10.5 Å². The lowest BCUT2D eigenvalue weighted by molar-refractivity contribution is -0.127. The summed E-state index contributed by atoms with van der Waals surface area (Å²) >= 11 is 7.43. The minimum absolute atomic E-state index is 0.281. The number of nitrogens with zero attached hydrogens (tertiary/aromatic N) is 3. The number of hydrogen-bond donors (Lipinski definition) is 2. The van der Waals surface area contributed by atoms with Crippen LogP contribution in [-0.4, -0.2) is 26.4 Å². The molecule has 0 radical (unpaired) electrons. The standard InChI is InChI=1S/C16H16ClN5O2S/c1-9-3-4-11(5-12(9)17)20-15(24)6-14(23)19-10(2)13-7-22-16(21-13)25-8-18-22/h3-5,7-8,10H,6H2,1-2H3,(H,19,23)(H,20,24)/t10-/m1/s1. The van der Waals surface area contributed by atoms with Crippen LogP contribution in [0.2, 0.25) is 5.02 Å². The number of halogens is 1. The lowest BCUT2D eigenvalue weighted by atomic mass is 10.2. The molecule has 0 aliphatic carbocycles. The molecule has 0 spiro atoms. The van der Waals surface area contributed by atoms with Gasteiger partial charge >= 0.3 is 0 Å². The number of amides is 2. The van der Waals surface area contributed by atoms with Crippen LogP contribution in [0.1, 0.15) is 30.6 Å². The second-order valence-corrected chi connectivity index (χ2v) is 6.83. The van der Waals surface area contributed by atoms with Crippen LogP contribution in [0, 0.1) is 6.92 Å². The summed E-state index contributed by atoms with van der Waals surface area (Å²) in [4.78, 5) is 29.2. The molecule has 3 aromatic rings. The maximum atomic E-state index is 12.1. The fourth-order valence-electron chi connectivity index (χ4n) is 2.25. The highest BCUT2D eigenvalue weighted by Crippen LogP contribution is 2.20. The Morgan fingerprint density at radius 3 is 2.88 bits per heavy atom. The number of anilines is 1. The van der Waals surface area contributed by atoms with Gasteiger partial charge in [-0.15, -0.1) is 0 Å². The predicted molar refractivity (Wildman–Crippen MR) is 96.9 cm³/mol. The third-order valence-corrected chi connectivity index (χ3v) is 4.70. The minimum Gasteiger partial charge on any atom is -0.347 e. The van der Waals surface area contributed by atoms with Crippen molar-refractivity contribution >= 4 is 45.4 Å². The van der Waals surface area contributed by atoms with Gasteiger partial charge in [0.05, 0.1) is 17.9 Å². The molecule has 0 bridgehead atoms. The van der Waals surface area contributed by atoms with Gasteiger partial charge in [-0.05, 0) is 31.5 Å². The minimum atomic E-state index is -0.405. The Morgan fingerprint density at radius 2 is 2.16 bits per heavy atom. The lowest BCUT2D eigenvalue weighted by Gasteiger charge is -2.11. The van der Waals surface area contributed by atoms with E-state index in [9.17, 15) is 9.59 Å².